The van der Waals surface area contributed by atoms with Crippen molar-refractivity contribution in [3.05, 3.63) is 65.5 Å². The first-order chi connectivity index (χ1) is 11.3. The SMILES string of the molecule is O=C(CON=Cc1cccc(F)c1)Nc1ccc(C(F)(F)F)cc1. The summed E-state index contributed by atoms with van der Waals surface area (Å²) in [5.74, 6) is -1.02. The standard InChI is InChI=1S/C16H12F4N2O2/c17-13-3-1-2-11(8-13)9-21-24-10-15(23)22-14-6-4-12(5-7-14)16(18,19)20/h1-9H,10H2,(H,22,23). The molecule has 1 amide bonds. The van der Waals surface area contributed by atoms with Crippen LogP contribution < -0.4 is 5.32 Å². The maximum Gasteiger partial charge on any atom is 0.416 e. The number of hydrogen-bond donors (Lipinski definition) is 1. The predicted octanol–water partition coefficient (Wildman–Crippen LogP) is 3.83. The van der Waals surface area contributed by atoms with Gasteiger partial charge in [-0.1, -0.05) is 17.3 Å². The molecule has 0 bridgehead atoms. The summed E-state index contributed by atoms with van der Waals surface area (Å²) in [5, 5.41) is 5.87. The van der Waals surface area contributed by atoms with E-state index in [1.54, 1.807) is 6.07 Å². The number of nitrogens with zero attached hydrogens (tertiary/aromatic N) is 1. The number of benzene rings is 2. The van der Waals surface area contributed by atoms with Gasteiger partial charge in [0, 0.05) is 5.69 Å². The van der Waals surface area contributed by atoms with E-state index in [-0.39, 0.29) is 5.69 Å². The van der Waals surface area contributed by atoms with E-state index in [1.807, 2.05) is 0 Å². The Kier molecular flexibility index (Phi) is 5.51. The number of hydrogen-bond acceptors (Lipinski definition) is 3. The van der Waals surface area contributed by atoms with Crippen molar-refractivity contribution in [2.24, 2.45) is 5.16 Å². The number of alkyl halides is 3. The highest BCUT2D eigenvalue weighted by molar-refractivity contribution is 5.91. The second kappa shape index (κ2) is 7.58. The molecular weight excluding hydrogens is 328 g/mol. The van der Waals surface area contributed by atoms with E-state index in [2.05, 4.69) is 10.5 Å². The van der Waals surface area contributed by atoms with E-state index in [0.29, 0.717) is 5.56 Å². The van der Waals surface area contributed by atoms with Crippen LogP contribution in [0.15, 0.2) is 53.7 Å². The maximum atomic E-state index is 12.9. The van der Waals surface area contributed by atoms with Gasteiger partial charge in [0.05, 0.1) is 11.8 Å². The average Bonchev–Trinajstić information content (AvgIpc) is 2.51. The molecule has 0 unspecified atom stereocenters. The predicted molar refractivity (Wildman–Crippen MR) is 80.0 cm³/mol. The lowest BCUT2D eigenvalue weighted by molar-refractivity contribution is -0.137. The molecule has 8 heteroatoms. The normalized spacial score (nSPS) is 11.5. The van der Waals surface area contributed by atoms with Crippen LogP contribution in [0, 0.1) is 5.82 Å². The molecule has 0 fully saturated rings. The molecule has 24 heavy (non-hydrogen) atoms. The number of nitrogens with one attached hydrogen (secondary N) is 1. The Hall–Kier alpha value is -2.90. The summed E-state index contributed by atoms with van der Waals surface area (Å²) in [6.45, 7) is -0.438. The van der Waals surface area contributed by atoms with E-state index >= 15 is 0 Å². The Morgan fingerprint density at radius 1 is 1.17 bits per heavy atom. The van der Waals surface area contributed by atoms with Crippen LogP contribution >= 0.6 is 0 Å². The summed E-state index contributed by atoms with van der Waals surface area (Å²) in [6.07, 6.45) is -3.20. The minimum absolute atomic E-state index is 0.200. The van der Waals surface area contributed by atoms with Gasteiger partial charge in [-0.25, -0.2) is 4.39 Å². The molecular formula is C16H12F4N2O2. The van der Waals surface area contributed by atoms with Crippen LogP contribution in [0.3, 0.4) is 0 Å². The van der Waals surface area contributed by atoms with Crippen LogP contribution in [0.1, 0.15) is 11.1 Å². The molecule has 1 N–H and O–H groups in total. The van der Waals surface area contributed by atoms with Gasteiger partial charge in [0.15, 0.2) is 6.61 Å². The van der Waals surface area contributed by atoms with Crippen molar-refractivity contribution < 1.29 is 27.2 Å². The fourth-order valence-electron chi connectivity index (χ4n) is 1.72. The smallest absolute Gasteiger partial charge is 0.386 e. The number of halogens is 4. The van der Waals surface area contributed by atoms with E-state index in [4.69, 9.17) is 4.84 Å². The molecule has 0 aliphatic carbocycles. The zero-order chi connectivity index (χ0) is 17.6. The summed E-state index contributed by atoms with van der Waals surface area (Å²) in [6, 6.07) is 9.58. The first-order valence-corrected chi connectivity index (χ1v) is 6.72. The third kappa shape index (κ3) is 5.38. The van der Waals surface area contributed by atoms with Crippen molar-refractivity contribution in [2.45, 2.75) is 6.18 Å². The Bertz CT molecular complexity index is 728. The van der Waals surface area contributed by atoms with Gasteiger partial charge in [-0.05, 0) is 42.0 Å². The zero-order valence-electron chi connectivity index (χ0n) is 12.2. The highest BCUT2D eigenvalue weighted by atomic mass is 19.4. The van der Waals surface area contributed by atoms with E-state index < -0.39 is 30.1 Å². The third-order valence-corrected chi connectivity index (χ3v) is 2.82. The number of anilines is 1. The van der Waals surface area contributed by atoms with E-state index in [1.165, 1.54) is 24.4 Å². The molecule has 0 aliphatic heterocycles. The maximum absolute atomic E-state index is 12.9. The number of rotatable bonds is 5. The van der Waals surface area contributed by atoms with Crippen molar-refractivity contribution >= 4 is 17.8 Å². The molecule has 2 aromatic rings. The van der Waals surface area contributed by atoms with Gasteiger partial charge in [0.25, 0.3) is 5.91 Å². The van der Waals surface area contributed by atoms with Crippen LogP contribution in [0.5, 0.6) is 0 Å². The number of carbonyl (C=O) groups excluding carboxylic acids is 1. The van der Waals surface area contributed by atoms with Gasteiger partial charge in [-0.2, -0.15) is 13.2 Å². The minimum Gasteiger partial charge on any atom is -0.386 e. The molecule has 0 saturated carbocycles. The summed E-state index contributed by atoms with van der Waals surface area (Å²) in [5.41, 5.74) is -0.153. The molecule has 126 valence electrons. The summed E-state index contributed by atoms with van der Waals surface area (Å²) in [7, 11) is 0. The first-order valence-electron chi connectivity index (χ1n) is 6.72. The molecule has 0 aromatic heterocycles. The molecule has 0 radical (unpaired) electrons. The third-order valence-electron chi connectivity index (χ3n) is 2.82. The average molecular weight is 340 g/mol. The lowest BCUT2D eigenvalue weighted by Gasteiger charge is -2.08. The molecule has 2 rings (SSSR count). The van der Waals surface area contributed by atoms with Gasteiger partial charge in [0.2, 0.25) is 0 Å². The van der Waals surface area contributed by atoms with Gasteiger partial charge in [0.1, 0.15) is 5.82 Å². The largest absolute Gasteiger partial charge is 0.416 e. The molecule has 0 saturated heterocycles. The summed E-state index contributed by atoms with van der Waals surface area (Å²) in [4.78, 5) is 16.3. The lowest BCUT2D eigenvalue weighted by atomic mass is 10.2. The molecule has 0 aliphatic rings. The lowest BCUT2D eigenvalue weighted by Crippen LogP contribution is -2.17. The minimum atomic E-state index is -4.43. The summed E-state index contributed by atoms with van der Waals surface area (Å²) < 4.78 is 50.1. The summed E-state index contributed by atoms with van der Waals surface area (Å²) >= 11 is 0. The number of oxime groups is 1. The first kappa shape index (κ1) is 17.5. The second-order valence-corrected chi connectivity index (χ2v) is 4.69. The van der Waals surface area contributed by atoms with Crippen molar-refractivity contribution in [2.75, 3.05) is 11.9 Å². The van der Waals surface area contributed by atoms with Crippen LogP contribution in [0.25, 0.3) is 0 Å². The Balaban J connectivity index is 1.81. The van der Waals surface area contributed by atoms with Crippen LogP contribution in [0.2, 0.25) is 0 Å². The molecule has 0 atom stereocenters. The Labute approximate surface area is 134 Å². The monoisotopic (exact) mass is 340 g/mol. The highest BCUT2D eigenvalue weighted by Crippen LogP contribution is 2.29. The molecule has 0 heterocycles. The molecule has 0 spiro atoms. The highest BCUT2D eigenvalue weighted by Gasteiger charge is 2.29. The van der Waals surface area contributed by atoms with Gasteiger partial charge < -0.3 is 10.2 Å². The van der Waals surface area contributed by atoms with Gasteiger partial charge >= 0.3 is 6.18 Å². The Morgan fingerprint density at radius 3 is 2.50 bits per heavy atom. The van der Waals surface area contributed by atoms with Crippen molar-refractivity contribution in [1.82, 2.24) is 0 Å². The number of carbonyl (C=O) groups is 1. The molecule has 2 aromatic carbocycles. The fourth-order valence-corrected chi connectivity index (χ4v) is 1.72. The van der Waals surface area contributed by atoms with E-state index in [0.717, 1.165) is 24.3 Å². The fraction of sp³-hybridized carbons (Fsp3) is 0.125. The number of amides is 1. The van der Waals surface area contributed by atoms with Crippen LogP contribution in [0.4, 0.5) is 23.2 Å². The zero-order valence-corrected chi connectivity index (χ0v) is 12.2. The van der Waals surface area contributed by atoms with Crippen LogP contribution in [-0.2, 0) is 15.8 Å². The second-order valence-electron chi connectivity index (χ2n) is 4.69. The van der Waals surface area contributed by atoms with Crippen molar-refractivity contribution in [1.29, 1.82) is 0 Å². The van der Waals surface area contributed by atoms with Gasteiger partial charge in [-0.15, -0.1) is 0 Å². The van der Waals surface area contributed by atoms with Crippen molar-refractivity contribution in [3.63, 3.8) is 0 Å². The topological polar surface area (TPSA) is 50.7 Å². The van der Waals surface area contributed by atoms with Crippen LogP contribution in [-0.4, -0.2) is 18.7 Å². The van der Waals surface area contributed by atoms with E-state index in [9.17, 15) is 22.4 Å². The van der Waals surface area contributed by atoms with Gasteiger partial charge in [-0.3, -0.25) is 4.79 Å². The molecule has 4 nitrogen and oxygen atoms in total. The quantitative estimate of drug-likeness (QED) is 0.511. The Morgan fingerprint density at radius 2 is 1.88 bits per heavy atom. The van der Waals surface area contributed by atoms with Crippen molar-refractivity contribution in [3.8, 4) is 0 Å².